The molecule has 0 radical (unpaired) electrons. The van der Waals surface area contributed by atoms with Crippen molar-refractivity contribution in [2.24, 2.45) is 10.7 Å². The number of fused-ring (bicyclic) bond motifs is 4. The summed E-state index contributed by atoms with van der Waals surface area (Å²) in [6, 6.07) is 8.91. The molecule has 0 bridgehead atoms. The van der Waals surface area contributed by atoms with E-state index < -0.39 is 6.17 Å². The van der Waals surface area contributed by atoms with Gasteiger partial charge in [-0.2, -0.15) is 0 Å². The molecule has 28 heavy (non-hydrogen) atoms. The summed E-state index contributed by atoms with van der Waals surface area (Å²) in [5, 5.41) is 13.2. The molecule has 144 valence electrons. The van der Waals surface area contributed by atoms with Gasteiger partial charge in [0, 0.05) is 24.1 Å². The van der Waals surface area contributed by atoms with Gasteiger partial charge in [-0.05, 0) is 12.1 Å². The van der Waals surface area contributed by atoms with Crippen molar-refractivity contribution >= 4 is 22.9 Å². The van der Waals surface area contributed by atoms with E-state index in [-0.39, 0.29) is 11.7 Å². The van der Waals surface area contributed by atoms with E-state index in [1.165, 1.54) is 7.11 Å². The van der Waals surface area contributed by atoms with Gasteiger partial charge in [0.1, 0.15) is 0 Å². The summed E-state index contributed by atoms with van der Waals surface area (Å²) in [6.45, 7) is 1.20. The van der Waals surface area contributed by atoms with Gasteiger partial charge in [-0.25, -0.2) is 9.98 Å². The zero-order valence-electron chi connectivity index (χ0n) is 15.2. The molecule has 0 saturated heterocycles. The van der Waals surface area contributed by atoms with Gasteiger partial charge in [-0.1, -0.05) is 6.07 Å². The van der Waals surface area contributed by atoms with Crippen LogP contribution in [0.25, 0.3) is 11.0 Å². The van der Waals surface area contributed by atoms with Gasteiger partial charge < -0.3 is 25.1 Å². The third-order valence-corrected chi connectivity index (χ3v) is 4.81. The number of nitrogens with two attached hydrogens (primary N) is 1. The minimum Gasteiger partial charge on any atom is -0.504 e. The summed E-state index contributed by atoms with van der Waals surface area (Å²) in [6.07, 6.45) is 0.330. The maximum Gasteiger partial charge on any atom is 0.212 e. The number of methoxy groups -OCH3 is 1. The Morgan fingerprint density at radius 1 is 1.21 bits per heavy atom. The summed E-state index contributed by atoms with van der Waals surface area (Å²) in [4.78, 5) is 9.17. The number of phenols is 1. The van der Waals surface area contributed by atoms with Gasteiger partial charge in [-0.3, -0.25) is 9.88 Å². The fraction of sp³-hybridized carbons (Fsp3) is 0.263. The number of guanidine groups is 1. The number of phenolic OH excluding ortho intramolecular Hbond substituents is 1. The number of nitrogens with zero attached hydrogens (tertiary/aromatic N) is 3. The van der Waals surface area contributed by atoms with Gasteiger partial charge in [0.25, 0.3) is 0 Å². The van der Waals surface area contributed by atoms with E-state index in [9.17, 15) is 5.11 Å². The molecule has 9 heteroatoms. The highest BCUT2D eigenvalue weighted by molar-refractivity contribution is 5.95. The second-order valence-corrected chi connectivity index (χ2v) is 6.59. The third-order valence-electron chi connectivity index (χ3n) is 4.81. The topological polar surface area (TPSA) is 116 Å². The molecule has 1 atom stereocenters. The van der Waals surface area contributed by atoms with E-state index in [2.05, 4.69) is 15.3 Å². The van der Waals surface area contributed by atoms with Crippen LogP contribution in [0.1, 0.15) is 18.2 Å². The largest absolute Gasteiger partial charge is 0.504 e. The number of benzene rings is 2. The van der Waals surface area contributed by atoms with Gasteiger partial charge in [-0.15, -0.1) is 0 Å². The van der Waals surface area contributed by atoms with E-state index in [1.807, 2.05) is 22.8 Å². The van der Waals surface area contributed by atoms with Crippen LogP contribution < -0.4 is 25.3 Å². The van der Waals surface area contributed by atoms with Crippen LogP contribution in [0.15, 0.2) is 35.3 Å². The van der Waals surface area contributed by atoms with Crippen molar-refractivity contribution in [1.82, 2.24) is 9.55 Å². The molecule has 9 nitrogen and oxygen atoms in total. The number of anilines is 1. The van der Waals surface area contributed by atoms with Gasteiger partial charge in [0.15, 0.2) is 35.1 Å². The van der Waals surface area contributed by atoms with Crippen LogP contribution >= 0.6 is 0 Å². The fourth-order valence-corrected chi connectivity index (χ4v) is 3.52. The highest BCUT2D eigenvalue weighted by Crippen LogP contribution is 2.40. The van der Waals surface area contributed by atoms with Crippen LogP contribution in [0.3, 0.4) is 0 Å². The molecule has 0 amide bonds. The average Bonchev–Trinajstić information content (AvgIpc) is 2.87. The SMILES string of the molecule is COc1ccc([C@@H]2N=C(N)Nc3nc4cc5c(cc4n32)OCCCO5)cc1O. The zero-order valence-corrected chi connectivity index (χ0v) is 15.2. The second kappa shape index (κ2) is 6.22. The highest BCUT2D eigenvalue weighted by Gasteiger charge is 2.27. The van der Waals surface area contributed by atoms with Crippen LogP contribution in [-0.2, 0) is 0 Å². The van der Waals surface area contributed by atoms with E-state index in [4.69, 9.17) is 19.9 Å². The number of rotatable bonds is 2. The predicted molar refractivity (Wildman–Crippen MR) is 103 cm³/mol. The van der Waals surface area contributed by atoms with E-state index >= 15 is 0 Å². The number of nitrogens with one attached hydrogen (secondary N) is 1. The summed E-state index contributed by atoms with van der Waals surface area (Å²) in [7, 11) is 1.50. The number of hydrogen-bond acceptors (Lipinski definition) is 8. The molecule has 4 N–H and O–H groups in total. The van der Waals surface area contributed by atoms with Crippen molar-refractivity contribution in [3.63, 3.8) is 0 Å². The molecule has 5 rings (SSSR count). The Balaban J connectivity index is 1.68. The lowest BCUT2D eigenvalue weighted by molar-refractivity contribution is 0.297. The van der Waals surface area contributed by atoms with Gasteiger partial charge >= 0.3 is 0 Å². The third kappa shape index (κ3) is 2.55. The van der Waals surface area contributed by atoms with Gasteiger partial charge in [0.05, 0.1) is 31.4 Å². The first-order valence-electron chi connectivity index (χ1n) is 8.93. The van der Waals surface area contributed by atoms with Crippen LogP contribution in [0.4, 0.5) is 5.95 Å². The van der Waals surface area contributed by atoms with E-state index in [1.54, 1.807) is 12.1 Å². The molecule has 1 aromatic heterocycles. The Morgan fingerprint density at radius 2 is 2.00 bits per heavy atom. The zero-order chi connectivity index (χ0) is 19.3. The molecule has 0 spiro atoms. The van der Waals surface area contributed by atoms with Crippen molar-refractivity contribution in [3.05, 3.63) is 35.9 Å². The lowest BCUT2D eigenvalue weighted by Gasteiger charge is -2.24. The number of hydrogen-bond donors (Lipinski definition) is 3. The van der Waals surface area contributed by atoms with E-state index in [0.717, 1.165) is 23.0 Å². The molecular formula is C19H19N5O4. The number of aromatic nitrogens is 2. The molecular weight excluding hydrogens is 362 g/mol. The van der Waals surface area contributed by atoms with Crippen LogP contribution in [0, 0.1) is 0 Å². The molecule has 0 aliphatic carbocycles. The van der Waals surface area contributed by atoms with E-state index in [0.29, 0.717) is 36.4 Å². The Bertz CT molecular complexity index is 1110. The normalized spacial score (nSPS) is 18.0. The first-order valence-corrected chi connectivity index (χ1v) is 8.93. The Kier molecular flexibility index (Phi) is 3.68. The Labute approximate surface area is 160 Å². The fourth-order valence-electron chi connectivity index (χ4n) is 3.52. The predicted octanol–water partition coefficient (Wildman–Crippen LogP) is 2.20. The Morgan fingerprint density at radius 3 is 2.75 bits per heavy atom. The smallest absolute Gasteiger partial charge is 0.212 e. The van der Waals surface area contributed by atoms with Crippen molar-refractivity contribution in [2.75, 3.05) is 25.6 Å². The number of ether oxygens (including phenoxy) is 3. The Hall–Kier alpha value is -3.62. The number of aliphatic imine (C=N–C) groups is 1. The van der Waals surface area contributed by atoms with Crippen molar-refractivity contribution < 1.29 is 19.3 Å². The molecule has 2 aromatic carbocycles. The molecule has 0 unspecified atom stereocenters. The first-order chi connectivity index (χ1) is 13.6. The quantitative estimate of drug-likeness (QED) is 0.623. The van der Waals surface area contributed by atoms with Crippen molar-refractivity contribution in [1.29, 1.82) is 0 Å². The second-order valence-electron chi connectivity index (χ2n) is 6.59. The molecule has 2 aliphatic heterocycles. The van der Waals surface area contributed by atoms with Crippen molar-refractivity contribution in [3.8, 4) is 23.0 Å². The highest BCUT2D eigenvalue weighted by atomic mass is 16.5. The lowest BCUT2D eigenvalue weighted by Crippen LogP contribution is -2.31. The van der Waals surface area contributed by atoms with Crippen LogP contribution in [0.5, 0.6) is 23.0 Å². The molecule has 3 aromatic rings. The standard InChI is InChI=1S/C19H19N5O4/c1-26-14-4-3-10(7-13(14)25)17-22-18(20)23-19-21-11-8-15-16(9-12(11)24(17)19)28-6-2-5-27-15/h3-4,7-9,17,25H,2,5-6H2,1H3,(H3,20,21,22,23)/t17-/m1/s1. The minimum absolute atomic E-state index is 0.0314. The maximum absolute atomic E-state index is 10.2. The summed E-state index contributed by atoms with van der Waals surface area (Å²) >= 11 is 0. The summed E-state index contributed by atoms with van der Waals surface area (Å²) in [5.41, 5.74) is 8.29. The molecule has 0 saturated carbocycles. The monoisotopic (exact) mass is 381 g/mol. The number of imidazole rings is 1. The van der Waals surface area contributed by atoms with Gasteiger partial charge in [0.2, 0.25) is 5.95 Å². The number of aromatic hydroxyl groups is 1. The molecule has 2 aliphatic rings. The maximum atomic E-state index is 10.2. The van der Waals surface area contributed by atoms with Crippen LogP contribution in [0.2, 0.25) is 0 Å². The lowest BCUT2D eigenvalue weighted by atomic mass is 10.1. The average molecular weight is 381 g/mol. The first kappa shape index (κ1) is 16.5. The summed E-state index contributed by atoms with van der Waals surface area (Å²) in [5.74, 6) is 2.57. The summed E-state index contributed by atoms with van der Waals surface area (Å²) < 4.78 is 18.6. The minimum atomic E-state index is -0.497. The van der Waals surface area contributed by atoms with Crippen LogP contribution in [-0.4, -0.2) is 40.9 Å². The van der Waals surface area contributed by atoms with Crippen molar-refractivity contribution in [2.45, 2.75) is 12.6 Å². The molecule has 0 fully saturated rings. The molecule has 3 heterocycles.